The highest BCUT2D eigenvalue weighted by Gasteiger charge is 2.48. The molecule has 3 aliphatic rings. The first-order chi connectivity index (χ1) is 8.24. The van der Waals surface area contributed by atoms with Gasteiger partial charge in [0.2, 0.25) is 0 Å². The van der Waals surface area contributed by atoms with Gasteiger partial charge in [-0.1, -0.05) is 10.9 Å². The van der Waals surface area contributed by atoms with E-state index in [0.717, 1.165) is 38.2 Å². The van der Waals surface area contributed by atoms with Gasteiger partial charge in [-0.05, 0) is 4.28 Å². The van der Waals surface area contributed by atoms with Crippen LogP contribution in [0.5, 0.6) is 0 Å². The van der Waals surface area contributed by atoms with Crippen molar-refractivity contribution in [1.82, 2.24) is 0 Å². The molecule has 0 atom stereocenters. The van der Waals surface area contributed by atoms with E-state index in [9.17, 15) is 21.6 Å². The van der Waals surface area contributed by atoms with Crippen LogP contribution < -0.4 is 0 Å². The fourth-order valence-corrected chi connectivity index (χ4v) is 31.1. The van der Waals surface area contributed by atoms with E-state index in [4.69, 9.17) is 0 Å². The minimum Gasteiger partial charge on any atom is -0.384 e. The summed E-state index contributed by atoms with van der Waals surface area (Å²) in [5.41, 5.74) is -5.35. The number of hydrogen-bond donors (Lipinski definition) is 0. The number of rotatable bonds is 3. The van der Waals surface area contributed by atoms with Crippen molar-refractivity contribution in [2.75, 3.05) is 0 Å². The van der Waals surface area contributed by atoms with Gasteiger partial charge in [0.15, 0.2) is 0 Å². The van der Waals surface area contributed by atoms with Crippen molar-refractivity contribution in [2.24, 2.45) is 0 Å². The molecule has 0 aliphatic carbocycles. The van der Waals surface area contributed by atoms with E-state index in [1.807, 2.05) is 0 Å². The largest absolute Gasteiger partial charge is 0.534 e. The molecule has 92 valence electrons. The Labute approximate surface area is 117 Å². The summed E-state index contributed by atoms with van der Waals surface area (Å²) >= 11 is 0. The van der Waals surface area contributed by atoms with Crippen molar-refractivity contribution in [2.45, 2.75) is 14.6 Å². The van der Waals surface area contributed by atoms with Gasteiger partial charge < -0.3 is 4.18 Å². The van der Waals surface area contributed by atoms with Crippen LogP contribution in [0, 0.1) is 0 Å². The van der Waals surface area contributed by atoms with Crippen molar-refractivity contribution < 1.29 is 25.8 Å². The normalized spacial score (nSPS) is 32.9. The zero-order valence-electron chi connectivity index (χ0n) is 8.50. The third-order valence-corrected chi connectivity index (χ3v) is 27.9. The summed E-state index contributed by atoms with van der Waals surface area (Å²) in [6.45, 7) is 0. The van der Waals surface area contributed by atoms with E-state index in [0.29, 0.717) is 27.1 Å². The van der Waals surface area contributed by atoms with Gasteiger partial charge in [0, 0.05) is 54.2 Å². The maximum atomic E-state index is 12.0. The first kappa shape index (κ1) is 15.0. The van der Waals surface area contributed by atoms with Crippen LogP contribution in [0.2, 0.25) is 9.07 Å². The minimum atomic E-state index is -5.49. The van der Waals surface area contributed by atoms with Crippen molar-refractivity contribution in [3.05, 3.63) is 12.3 Å². The molecule has 0 aromatic carbocycles. The average Bonchev–Trinajstić information content (AvgIpc) is 2.29. The summed E-state index contributed by atoms with van der Waals surface area (Å²) in [6.07, 6.45) is 2.30. The van der Waals surface area contributed by atoms with Gasteiger partial charge in [-0.15, -0.1) is 0 Å². The Morgan fingerprint density at radius 3 is 2.06 bits per heavy atom. The molecule has 3 rings (SSSR count). The van der Waals surface area contributed by atoms with Crippen molar-refractivity contribution in [3.63, 3.8) is 0 Å². The number of allylic oxidation sites excluding steroid dienone is 1. The van der Waals surface area contributed by atoms with E-state index in [2.05, 4.69) is 4.18 Å². The monoisotopic (exact) mass is 368 g/mol. The summed E-state index contributed by atoms with van der Waals surface area (Å²) in [5.74, 6) is 0. The zero-order chi connectivity index (χ0) is 13.4. The van der Waals surface area contributed by atoms with Crippen LogP contribution >= 0.6 is 0 Å². The number of alkyl halides is 3. The summed E-state index contributed by atoms with van der Waals surface area (Å²) in [5, 5.41) is 0. The van der Waals surface area contributed by atoms with Crippen LogP contribution in [0.25, 0.3) is 0 Å². The molecule has 0 unspecified atom stereocenters. The summed E-state index contributed by atoms with van der Waals surface area (Å²) in [6, 6.07) is 0. The second kappa shape index (κ2) is 5.17. The summed E-state index contributed by atoms with van der Waals surface area (Å²) < 4.78 is 61.5. The van der Waals surface area contributed by atoms with Crippen molar-refractivity contribution in [1.29, 1.82) is 0 Å². The number of fused-ring (bicyclic) bond motifs is 3. The molecule has 3 heterocycles. The van der Waals surface area contributed by atoms with Gasteiger partial charge in [-0.3, -0.25) is 0 Å². The zero-order valence-corrected chi connectivity index (χ0v) is 15.3. The predicted octanol–water partition coefficient (Wildman–Crippen LogP) is -0.859. The van der Waals surface area contributed by atoms with E-state index in [-0.39, 0.29) is 4.28 Å². The smallest absolute Gasteiger partial charge is 0.384 e. The van der Waals surface area contributed by atoms with Crippen LogP contribution in [0.4, 0.5) is 13.2 Å². The number of halogens is 3. The Balaban J connectivity index is 2.00. The molecule has 3 aliphatic heterocycles. The van der Waals surface area contributed by atoms with Gasteiger partial charge in [0.1, 0.15) is 6.26 Å². The minimum absolute atomic E-state index is 0.0365. The van der Waals surface area contributed by atoms with Crippen LogP contribution in [0.3, 0.4) is 0 Å². The van der Waals surface area contributed by atoms with Crippen LogP contribution in [-0.4, -0.2) is 68.1 Å². The van der Waals surface area contributed by atoms with Crippen molar-refractivity contribution >= 4 is 64.3 Å². The Bertz CT molecular complexity index is 428. The van der Waals surface area contributed by atoms with Gasteiger partial charge in [-0.25, -0.2) is 0 Å². The molecular formula is C5H3F3O3SSi6. The second-order valence-corrected chi connectivity index (χ2v) is 18.7. The number of hydrogen-bond acceptors (Lipinski definition) is 3. The fraction of sp³-hybridized carbons (Fsp3) is 0.600. The lowest BCUT2D eigenvalue weighted by molar-refractivity contribution is -0.0515. The highest BCUT2D eigenvalue weighted by atomic mass is 32.2. The average molecular weight is 369 g/mol. The molecule has 13 heteroatoms. The molecule has 12 radical (unpaired) electrons. The molecule has 3 nitrogen and oxygen atoms in total. The highest BCUT2D eigenvalue weighted by Crippen LogP contribution is 2.33. The molecule has 18 heavy (non-hydrogen) atoms. The topological polar surface area (TPSA) is 43.4 Å². The standard InChI is InChI=1S/C5H3F3O3SSi6/c6-5(7,8)12(9,10)11-2-1-4-16-13-3(14-17-4)15-18-4/h1-3H/b2-1+. The lowest BCUT2D eigenvalue weighted by atomic mass is 10.7. The van der Waals surface area contributed by atoms with E-state index in [1.54, 1.807) is 6.08 Å². The lowest BCUT2D eigenvalue weighted by Crippen LogP contribution is -2.56. The first-order valence-electron chi connectivity index (χ1n) is 4.49. The Hall–Kier alpha value is 0.581. The Morgan fingerprint density at radius 1 is 1.11 bits per heavy atom. The molecular weight excluding hydrogens is 366 g/mol. The first-order valence-corrected chi connectivity index (χ1v) is 15.1. The van der Waals surface area contributed by atoms with E-state index < -0.39 is 15.6 Å². The van der Waals surface area contributed by atoms with Crippen LogP contribution in [0.1, 0.15) is 0 Å². The SMILES string of the molecule is O=S(=O)(O/C=C/C12[Si][Si]C([Si][Si]1)[Si][Si]2)C(F)(F)F. The lowest BCUT2D eigenvalue weighted by Gasteiger charge is -2.42. The van der Waals surface area contributed by atoms with Gasteiger partial charge >= 0.3 is 15.6 Å². The maximum Gasteiger partial charge on any atom is 0.534 e. The molecule has 0 aromatic heterocycles. The summed E-state index contributed by atoms with van der Waals surface area (Å²) in [4.78, 5) is 0.857. The second-order valence-electron chi connectivity index (χ2n) is 3.35. The van der Waals surface area contributed by atoms with Gasteiger partial charge in [0.25, 0.3) is 0 Å². The van der Waals surface area contributed by atoms with E-state index in [1.165, 1.54) is 0 Å². The van der Waals surface area contributed by atoms with Crippen molar-refractivity contribution in [3.8, 4) is 0 Å². The third kappa shape index (κ3) is 3.18. The third-order valence-electron chi connectivity index (χ3n) is 2.02. The Kier molecular flexibility index (Phi) is 4.30. The van der Waals surface area contributed by atoms with Crippen LogP contribution in [-0.2, 0) is 14.3 Å². The van der Waals surface area contributed by atoms with Crippen LogP contribution in [0.15, 0.2) is 12.3 Å². The molecule has 3 saturated heterocycles. The molecule has 0 saturated carbocycles. The predicted molar refractivity (Wildman–Crippen MR) is 66.2 cm³/mol. The Morgan fingerprint density at radius 2 is 1.61 bits per heavy atom. The summed E-state index contributed by atoms with van der Waals surface area (Å²) in [7, 11) is -0.677. The van der Waals surface area contributed by atoms with Gasteiger partial charge in [-0.2, -0.15) is 21.6 Å². The molecule has 0 N–H and O–H groups in total. The molecule has 0 amide bonds. The molecule has 3 fully saturated rings. The quantitative estimate of drug-likeness (QED) is 0.282. The van der Waals surface area contributed by atoms with Gasteiger partial charge in [0.05, 0.1) is 0 Å². The molecule has 0 spiro atoms. The fourth-order valence-electron chi connectivity index (χ4n) is 1.14. The van der Waals surface area contributed by atoms with E-state index >= 15 is 0 Å². The highest BCUT2D eigenvalue weighted by molar-refractivity contribution is 7.87. The molecule has 2 bridgehead atoms. The molecule has 0 aromatic rings. The maximum absolute atomic E-state index is 12.0.